The van der Waals surface area contributed by atoms with E-state index in [1.807, 2.05) is 6.07 Å². The van der Waals surface area contributed by atoms with Gasteiger partial charge in [0.1, 0.15) is 35.4 Å². The number of nitriles is 1. The molecule has 2 atom stereocenters. The van der Waals surface area contributed by atoms with Crippen molar-refractivity contribution in [3.63, 3.8) is 0 Å². The lowest BCUT2D eigenvalue weighted by Crippen LogP contribution is -2.45. The third-order valence-electron chi connectivity index (χ3n) is 4.08. The van der Waals surface area contributed by atoms with Crippen LogP contribution in [0.1, 0.15) is 12.1 Å². The van der Waals surface area contributed by atoms with Crippen molar-refractivity contribution >= 4 is 21.9 Å². The molecule has 0 radical (unpaired) electrons. The molecule has 116 valence electrons. The van der Waals surface area contributed by atoms with Gasteiger partial charge in [-0.15, -0.1) is 0 Å². The topological polar surface area (TPSA) is 86.6 Å². The van der Waals surface area contributed by atoms with Gasteiger partial charge in [0.25, 0.3) is 0 Å². The minimum atomic E-state index is -0.999. The number of hydrogen-bond acceptors (Lipinski definition) is 5. The lowest BCUT2D eigenvalue weighted by atomic mass is 10.1. The van der Waals surface area contributed by atoms with Gasteiger partial charge in [0.2, 0.25) is 0 Å². The Kier molecular flexibility index (Phi) is 3.32. The number of rotatable bonds is 2. The number of ether oxygens (including phenoxy) is 1. The van der Waals surface area contributed by atoms with E-state index in [0.717, 1.165) is 16.3 Å². The number of nitrogens with one attached hydrogen (secondary N) is 2. The molecule has 1 fully saturated rings. The molecule has 1 saturated heterocycles. The normalized spacial score (nSPS) is 21.4. The van der Waals surface area contributed by atoms with Crippen LogP contribution in [0.25, 0.3) is 21.9 Å². The molecule has 7 heteroatoms. The molecule has 3 aromatic heterocycles. The van der Waals surface area contributed by atoms with E-state index in [0.29, 0.717) is 36.6 Å². The first kappa shape index (κ1) is 13.9. The minimum absolute atomic E-state index is 0.316. The highest BCUT2D eigenvalue weighted by atomic mass is 19.1. The Labute approximate surface area is 131 Å². The molecule has 23 heavy (non-hydrogen) atoms. The number of aromatic nitrogens is 3. The van der Waals surface area contributed by atoms with Gasteiger partial charge in [0.05, 0.1) is 17.1 Å². The van der Waals surface area contributed by atoms with Crippen molar-refractivity contribution in [1.29, 1.82) is 5.26 Å². The third kappa shape index (κ3) is 2.37. The summed E-state index contributed by atoms with van der Waals surface area (Å²) in [4.78, 5) is 11.5. The second-order valence-corrected chi connectivity index (χ2v) is 5.55. The van der Waals surface area contributed by atoms with Gasteiger partial charge in [-0.2, -0.15) is 5.26 Å². The zero-order valence-corrected chi connectivity index (χ0v) is 12.2. The fourth-order valence-electron chi connectivity index (χ4n) is 2.92. The Morgan fingerprint density at radius 2 is 2.30 bits per heavy atom. The molecule has 3 aromatic rings. The van der Waals surface area contributed by atoms with Crippen LogP contribution in [0.5, 0.6) is 5.75 Å². The van der Waals surface area contributed by atoms with Crippen molar-refractivity contribution in [2.45, 2.75) is 18.7 Å². The molecular formula is C16H14FN5O. The van der Waals surface area contributed by atoms with E-state index in [4.69, 9.17) is 10.00 Å². The zero-order valence-electron chi connectivity index (χ0n) is 12.2. The van der Waals surface area contributed by atoms with Crippen LogP contribution in [-0.4, -0.2) is 40.3 Å². The van der Waals surface area contributed by atoms with Crippen molar-refractivity contribution in [3.8, 4) is 11.8 Å². The Morgan fingerprint density at radius 1 is 1.39 bits per heavy atom. The second-order valence-electron chi connectivity index (χ2n) is 5.55. The van der Waals surface area contributed by atoms with Gasteiger partial charge in [-0.3, -0.25) is 0 Å². The fraction of sp³-hybridized carbons (Fsp3) is 0.312. The van der Waals surface area contributed by atoms with E-state index in [1.165, 1.54) is 0 Å². The van der Waals surface area contributed by atoms with Crippen LogP contribution >= 0.6 is 0 Å². The van der Waals surface area contributed by atoms with Crippen molar-refractivity contribution < 1.29 is 9.13 Å². The molecule has 4 heterocycles. The van der Waals surface area contributed by atoms with Gasteiger partial charge >= 0.3 is 0 Å². The molecule has 1 aliphatic heterocycles. The van der Waals surface area contributed by atoms with E-state index >= 15 is 0 Å². The number of aromatic amines is 1. The summed E-state index contributed by atoms with van der Waals surface area (Å²) in [5.74, 6) is 0.563. The number of halogens is 1. The van der Waals surface area contributed by atoms with Gasteiger partial charge < -0.3 is 15.0 Å². The highest BCUT2D eigenvalue weighted by Gasteiger charge is 2.27. The Hall–Kier alpha value is -2.72. The van der Waals surface area contributed by atoms with Crippen molar-refractivity contribution in [3.05, 3.63) is 30.2 Å². The van der Waals surface area contributed by atoms with Gasteiger partial charge in [-0.25, -0.2) is 14.4 Å². The third-order valence-corrected chi connectivity index (χ3v) is 4.08. The summed E-state index contributed by atoms with van der Waals surface area (Å²) in [7, 11) is 0. The first-order chi connectivity index (χ1) is 11.3. The van der Waals surface area contributed by atoms with Gasteiger partial charge in [0, 0.05) is 18.1 Å². The van der Waals surface area contributed by atoms with E-state index in [2.05, 4.69) is 20.3 Å². The maximum Gasteiger partial charge on any atom is 0.142 e. The number of fused-ring (bicyclic) bond motifs is 3. The molecule has 2 N–H and O–H groups in total. The summed E-state index contributed by atoms with van der Waals surface area (Å²) in [6.45, 7) is 1.13. The number of piperidine rings is 1. The van der Waals surface area contributed by atoms with Crippen LogP contribution in [0.2, 0.25) is 0 Å². The number of H-pyrrole nitrogens is 1. The highest BCUT2D eigenvalue weighted by Crippen LogP contribution is 2.33. The Balaban J connectivity index is 1.84. The van der Waals surface area contributed by atoms with Crippen LogP contribution in [0.3, 0.4) is 0 Å². The van der Waals surface area contributed by atoms with Crippen molar-refractivity contribution in [2.24, 2.45) is 0 Å². The number of pyridine rings is 2. The summed E-state index contributed by atoms with van der Waals surface area (Å²) >= 11 is 0. The van der Waals surface area contributed by atoms with Crippen LogP contribution < -0.4 is 10.1 Å². The summed E-state index contributed by atoms with van der Waals surface area (Å²) in [6.07, 6.45) is 2.13. The molecule has 0 saturated carbocycles. The molecule has 0 spiro atoms. The quantitative estimate of drug-likeness (QED) is 0.756. The summed E-state index contributed by atoms with van der Waals surface area (Å²) < 4.78 is 20.0. The van der Waals surface area contributed by atoms with Crippen LogP contribution in [0.15, 0.2) is 24.5 Å². The molecule has 0 bridgehead atoms. The maximum absolute atomic E-state index is 14.1. The average Bonchev–Trinajstić information content (AvgIpc) is 2.95. The van der Waals surface area contributed by atoms with Crippen LogP contribution in [0.4, 0.5) is 4.39 Å². The van der Waals surface area contributed by atoms with Gasteiger partial charge in [0.15, 0.2) is 0 Å². The first-order valence-electron chi connectivity index (χ1n) is 7.44. The lowest BCUT2D eigenvalue weighted by molar-refractivity contribution is 0.0758. The molecular weight excluding hydrogens is 297 g/mol. The summed E-state index contributed by atoms with van der Waals surface area (Å²) in [5.41, 5.74) is 1.71. The molecule has 6 nitrogen and oxygen atoms in total. The van der Waals surface area contributed by atoms with Crippen molar-refractivity contribution in [2.75, 3.05) is 13.1 Å². The Bertz CT molecular complexity index is 916. The highest BCUT2D eigenvalue weighted by molar-refractivity contribution is 6.09. The number of alkyl halides is 1. The summed E-state index contributed by atoms with van der Waals surface area (Å²) in [5, 5.41) is 13.7. The van der Waals surface area contributed by atoms with Crippen LogP contribution in [-0.2, 0) is 0 Å². The number of hydrogen-bond donors (Lipinski definition) is 2. The predicted octanol–water partition coefficient (Wildman–Crippen LogP) is 2.06. The number of nitrogens with zero attached hydrogens (tertiary/aromatic N) is 3. The predicted molar refractivity (Wildman–Crippen MR) is 82.9 cm³/mol. The fourth-order valence-corrected chi connectivity index (χ4v) is 2.92. The van der Waals surface area contributed by atoms with Gasteiger partial charge in [-0.05, 0) is 25.1 Å². The van der Waals surface area contributed by atoms with Crippen molar-refractivity contribution in [1.82, 2.24) is 20.3 Å². The molecule has 0 amide bonds. The standard InChI is InChI=1S/C16H14FN5O/c17-11-1-3-19-8-14(11)23-13-2-4-20-16-15(13)10-5-9(6-18)21-7-12(10)22-16/h2,4-5,7,11,14,19H,1,3,8H2,(H,20,22)/t11-,14-/m0/s1. The van der Waals surface area contributed by atoms with Gasteiger partial charge in [-0.1, -0.05) is 0 Å². The Morgan fingerprint density at radius 3 is 3.13 bits per heavy atom. The van der Waals surface area contributed by atoms with E-state index in [9.17, 15) is 4.39 Å². The van der Waals surface area contributed by atoms with Crippen LogP contribution in [0, 0.1) is 11.3 Å². The first-order valence-corrected chi connectivity index (χ1v) is 7.44. The molecule has 0 aromatic carbocycles. The monoisotopic (exact) mass is 311 g/mol. The minimum Gasteiger partial charge on any atom is -0.485 e. The van der Waals surface area contributed by atoms with E-state index in [1.54, 1.807) is 24.5 Å². The molecule has 0 unspecified atom stereocenters. The SMILES string of the molecule is N#Cc1cc2c(cn1)[nH]c1nccc(O[C@H]3CNCC[C@@H]3F)c12. The largest absolute Gasteiger partial charge is 0.485 e. The zero-order chi connectivity index (χ0) is 15.8. The maximum atomic E-state index is 14.1. The smallest absolute Gasteiger partial charge is 0.142 e. The summed E-state index contributed by atoms with van der Waals surface area (Å²) in [6, 6.07) is 5.44. The van der Waals surface area contributed by atoms with E-state index in [-0.39, 0.29) is 0 Å². The lowest BCUT2D eigenvalue weighted by Gasteiger charge is -2.27. The molecule has 1 aliphatic rings. The molecule has 4 rings (SSSR count). The molecule has 0 aliphatic carbocycles. The average molecular weight is 311 g/mol. The second kappa shape index (κ2) is 5.48. The van der Waals surface area contributed by atoms with E-state index < -0.39 is 12.3 Å².